The van der Waals surface area contributed by atoms with Crippen molar-refractivity contribution in [2.75, 3.05) is 6.61 Å². The Hall–Kier alpha value is -2.10. The highest BCUT2D eigenvalue weighted by molar-refractivity contribution is 6.41. The summed E-state index contributed by atoms with van der Waals surface area (Å²) in [5.74, 6) is -1.36. The van der Waals surface area contributed by atoms with Gasteiger partial charge in [0.2, 0.25) is 0 Å². The van der Waals surface area contributed by atoms with Crippen LogP contribution in [0.1, 0.15) is 48.4 Å². The van der Waals surface area contributed by atoms with Crippen molar-refractivity contribution in [3.05, 3.63) is 35.0 Å². The zero-order valence-electron chi connectivity index (χ0n) is 13.2. The van der Waals surface area contributed by atoms with Crippen molar-refractivity contribution in [2.45, 2.75) is 40.7 Å². The number of para-hydroxylation sites is 1. The number of hydrogen-bond donors (Lipinski definition) is 0. The van der Waals surface area contributed by atoms with Gasteiger partial charge >= 0.3 is 5.97 Å². The quantitative estimate of drug-likeness (QED) is 0.490. The van der Waals surface area contributed by atoms with E-state index in [1.54, 1.807) is 6.92 Å². The fourth-order valence-electron chi connectivity index (χ4n) is 2.79. The molecule has 0 fully saturated rings. The summed E-state index contributed by atoms with van der Waals surface area (Å²) in [6.45, 7) is 9.80. The number of carbonyl (C=O) groups is 2. The highest BCUT2D eigenvalue weighted by atomic mass is 16.5. The molecule has 1 aromatic carbocycles. The van der Waals surface area contributed by atoms with Crippen LogP contribution in [-0.2, 0) is 9.53 Å². The standard InChI is InChI=1S/C17H21NO3/c1-6-21-17(20)16(19)15-12(5)13-9-7-8-11(4)14(13)18(15)10(2)3/h7-10H,6H2,1-5H3. The molecule has 0 atom stereocenters. The Labute approximate surface area is 124 Å². The van der Waals surface area contributed by atoms with E-state index in [2.05, 4.69) is 0 Å². The van der Waals surface area contributed by atoms with Crippen LogP contribution in [0.3, 0.4) is 0 Å². The molecule has 4 heteroatoms. The van der Waals surface area contributed by atoms with Gasteiger partial charge in [0.1, 0.15) is 5.69 Å². The van der Waals surface area contributed by atoms with Gasteiger partial charge in [-0.25, -0.2) is 4.79 Å². The van der Waals surface area contributed by atoms with Crippen molar-refractivity contribution in [2.24, 2.45) is 0 Å². The zero-order chi connectivity index (χ0) is 15.7. The molecule has 0 aliphatic rings. The van der Waals surface area contributed by atoms with Gasteiger partial charge in [-0.3, -0.25) is 4.79 Å². The van der Waals surface area contributed by atoms with E-state index >= 15 is 0 Å². The summed E-state index contributed by atoms with van der Waals surface area (Å²) < 4.78 is 6.82. The number of fused-ring (bicyclic) bond motifs is 1. The Morgan fingerprint density at radius 2 is 1.90 bits per heavy atom. The second kappa shape index (κ2) is 5.72. The van der Waals surface area contributed by atoms with Gasteiger partial charge in [0.05, 0.1) is 12.1 Å². The molecule has 112 valence electrons. The molecule has 1 aromatic heterocycles. The van der Waals surface area contributed by atoms with Gasteiger partial charge in [-0.1, -0.05) is 18.2 Å². The average Bonchev–Trinajstić information content (AvgIpc) is 2.73. The van der Waals surface area contributed by atoms with Crippen LogP contribution in [0.5, 0.6) is 0 Å². The Morgan fingerprint density at radius 3 is 2.48 bits per heavy atom. The maximum Gasteiger partial charge on any atom is 0.381 e. The maximum atomic E-state index is 12.5. The summed E-state index contributed by atoms with van der Waals surface area (Å²) in [7, 11) is 0. The first-order valence-electron chi connectivity index (χ1n) is 7.21. The van der Waals surface area contributed by atoms with E-state index in [-0.39, 0.29) is 12.6 Å². The lowest BCUT2D eigenvalue weighted by Crippen LogP contribution is -2.22. The third-order valence-corrected chi connectivity index (χ3v) is 3.67. The molecule has 1 heterocycles. The van der Waals surface area contributed by atoms with Crippen molar-refractivity contribution >= 4 is 22.7 Å². The molecule has 2 rings (SSSR count). The zero-order valence-corrected chi connectivity index (χ0v) is 13.2. The number of aryl methyl sites for hydroxylation is 2. The van der Waals surface area contributed by atoms with E-state index < -0.39 is 11.8 Å². The Balaban J connectivity index is 2.77. The molecule has 0 N–H and O–H groups in total. The first-order valence-corrected chi connectivity index (χ1v) is 7.21. The Kier molecular flexibility index (Phi) is 4.16. The van der Waals surface area contributed by atoms with Crippen LogP contribution in [0, 0.1) is 13.8 Å². The van der Waals surface area contributed by atoms with Crippen molar-refractivity contribution in [3.8, 4) is 0 Å². The van der Waals surface area contributed by atoms with E-state index in [1.807, 2.05) is 50.5 Å². The molecule has 0 saturated carbocycles. The molecular weight excluding hydrogens is 266 g/mol. The molecule has 0 bridgehead atoms. The van der Waals surface area contributed by atoms with Gasteiger partial charge < -0.3 is 9.30 Å². The number of rotatable bonds is 4. The topological polar surface area (TPSA) is 48.3 Å². The molecule has 0 aliphatic carbocycles. The molecule has 0 spiro atoms. The molecule has 21 heavy (non-hydrogen) atoms. The second-order valence-electron chi connectivity index (χ2n) is 5.46. The van der Waals surface area contributed by atoms with Gasteiger partial charge in [-0.2, -0.15) is 0 Å². The van der Waals surface area contributed by atoms with Gasteiger partial charge in [-0.15, -0.1) is 0 Å². The van der Waals surface area contributed by atoms with Crippen molar-refractivity contribution in [3.63, 3.8) is 0 Å². The van der Waals surface area contributed by atoms with Crippen LogP contribution in [0.25, 0.3) is 10.9 Å². The minimum absolute atomic E-state index is 0.0793. The van der Waals surface area contributed by atoms with E-state index in [4.69, 9.17) is 4.74 Å². The molecule has 0 aliphatic heterocycles. The largest absolute Gasteiger partial charge is 0.460 e. The van der Waals surface area contributed by atoms with Gasteiger partial charge in [0, 0.05) is 11.4 Å². The molecule has 2 aromatic rings. The van der Waals surface area contributed by atoms with Crippen LogP contribution in [0.15, 0.2) is 18.2 Å². The minimum atomic E-state index is -0.789. The first kappa shape index (κ1) is 15.3. The molecule has 0 radical (unpaired) electrons. The number of carbonyl (C=O) groups excluding carboxylic acids is 2. The van der Waals surface area contributed by atoms with Crippen molar-refractivity contribution < 1.29 is 14.3 Å². The number of ether oxygens (including phenoxy) is 1. The predicted octanol–water partition coefficient (Wildman–Crippen LogP) is 3.58. The second-order valence-corrected chi connectivity index (χ2v) is 5.46. The molecular formula is C17H21NO3. The lowest BCUT2D eigenvalue weighted by Gasteiger charge is -2.15. The number of esters is 1. The van der Waals surface area contributed by atoms with E-state index in [9.17, 15) is 9.59 Å². The van der Waals surface area contributed by atoms with Crippen LogP contribution in [0.2, 0.25) is 0 Å². The molecule has 0 unspecified atom stereocenters. The summed E-state index contributed by atoms with van der Waals surface area (Å²) in [4.78, 5) is 24.3. The van der Waals surface area contributed by atoms with Crippen LogP contribution >= 0.6 is 0 Å². The lowest BCUT2D eigenvalue weighted by molar-refractivity contribution is -0.137. The van der Waals surface area contributed by atoms with E-state index in [1.165, 1.54) is 0 Å². The minimum Gasteiger partial charge on any atom is -0.460 e. The predicted molar refractivity (Wildman–Crippen MR) is 82.8 cm³/mol. The third-order valence-electron chi connectivity index (χ3n) is 3.67. The number of aromatic nitrogens is 1. The van der Waals surface area contributed by atoms with Crippen LogP contribution in [-0.4, -0.2) is 22.9 Å². The maximum absolute atomic E-state index is 12.5. The van der Waals surface area contributed by atoms with E-state index in [0.717, 1.165) is 22.0 Å². The SMILES string of the molecule is CCOC(=O)C(=O)c1c(C)c2cccc(C)c2n1C(C)C. The van der Waals surface area contributed by atoms with Crippen molar-refractivity contribution in [1.82, 2.24) is 4.57 Å². The smallest absolute Gasteiger partial charge is 0.381 e. The fourth-order valence-corrected chi connectivity index (χ4v) is 2.79. The third kappa shape index (κ3) is 2.46. The van der Waals surface area contributed by atoms with Gasteiger partial charge in [-0.05, 0) is 45.7 Å². The fraction of sp³-hybridized carbons (Fsp3) is 0.412. The summed E-state index contributed by atoms with van der Waals surface area (Å²) >= 11 is 0. The number of benzene rings is 1. The Morgan fingerprint density at radius 1 is 1.24 bits per heavy atom. The van der Waals surface area contributed by atoms with Gasteiger partial charge in [0.15, 0.2) is 0 Å². The highest BCUT2D eigenvalue weighted by Crippen LogP contribution is 2.31. The van der Waals surface area contributed by atoms with E-state index in [0.29, 0.717) is 5.69 Å². The lowest BCUT2D eigenvalue weighted by atomic mass is 10.1. The van der Waals surface area contributed by atoms with Crippen molar-refractivity contribution in [1.29, 1.82) is 0 Å². The number of hydrogen-bond acceptors (Lipinski definition) is 3. The summed E-state index contributed by atoms with van der Waals surface area (Å²) in [5, 5.41) is 1.01. The first-order chi connectivity index (χ1) is 9.90. The van der Waals surface area contributed by atoms with Gasteiger partial charge in [0.25, 0.3) is 5.78 Å². The molecule has 0 amide bonds. The van der Waals surface area contributed by atoms with Crippen LogP contribution < -0.4 is 0 Å². The molecule has 4 nitrogen and oxygen atoms in total. The normalized spacial score (nSPS) is 11.1. The number of Topliss-reactive ketones (excluding diaryl/α,β-unsaturated/α-hetero) is 1. The summed E-state index contributed by atoms with van der Waals surface area (Å²) in [6, 6.07) is 6.04. The number of ketones is 1. The summed E-state index contributed by atoms with van der Waals surface area (Å²) in [6.07, 6.45) is 0. The average molecular weight is 287 g/mol. The summed E-state index contributed by atoms with van der Waals surface area (Å²) in [5.41, 5.74) is 3.37. The number of nitrogens with zero attached hydrogens (tertiary/aromatic N) is 1. The highest BCUT2D eigenvalue weighted by Gasteiger charge is 2.27. The van der Waals surface area contributed by atoms with Crippen LogP contribution in [0.4, 0.5) is 0 Å². The Bertz CT molecular complexity index is 710. The molecule has 0 saturated heterocycles. The monoisotopic (exact) mass is 287 g/mol.